The standard InChI is InChI=1S/C21H28N4O2/c26-20-7-2-1-4-17(20)12-24-10-11-25(16-24)14-19-6-3-5-18(21(19)27)13-23-9-8-22-15-23/h1-7,22,26-27H,8-16H2. The molecule has 2 heterocycles. The Labute approximate surface area is 160 Å². The molecule has 0 radical (unpaired) electrons. The summed E-state index contributed by atoms with van der Waals surface area (Å²) in [5.41, 5.74) is 2.95. The number of rotatable bonds is 6. The normalized spacial score (nSPS) is 19.1. The highest BCUT2D eigenvalue weighted by Gasteiger charge is 2.22. The van der Waals surface area contributed by atoms with Gasteiger partial charge < -0.3 is 15.5 Å². The second-order valence-corrected chi connectivity index (χ2v) is 7.51. The summed E-state index contributed by atoms with van der Waals surface area (Å²) in [6.45, 7) is 7.98. The van der Waals surface area contributed by atoms with Crippen LogP contribution >= 0.6 is 0 Å². The molecule has 2 saturated heterocycles. The summed E-state index contributed by atoms with van der Waals surface area (Å²) in [7, 11) is 0. The highest BCUT2D eigenvalue weighted by molar-refractivity contribution is 5.40. The van der Waals surface area contributed by atoms with E-state index in [1.54, 1.807) is 6.07 Å². The van der Waals surface area contributed by atoms with Gasteiger partial charge in [-0.25, -0.2) is 0 Å². The van der Waals surface area contributed by atoms with Gasteiger partial charge in [-0.15, -0.1) is 0 Å². The Morgan fingerprint density at radius 3 is 2.04 bits per heavy atom. The molecule has 144 valence electrons. The predicted molar refractivity (Wildman–Crippen MR) is 105 cm³/mol. The fraction of sp³-hybridized carbons (Fsp3) is 0.429. The molecule has 6 heteroatoms. The Kier molecular flexibility index (Phi) is 5.59. The zero-order valence-corrected chi connectivity index (χ0v) is 15.6. The number of nitrogens with one attached hydrogen (secondary N) is 1. The minimum absolute atomic E-state index is 0.359. The largest absolute Gasteiger partial charge is 0.508 e. The number of phenols is 2. The average Bonchev–Trinajstić information content (AvgIpc) is 3.33. The van der Waals surface area contributed by atoms with Crippen LogP contribution in [0.3, 0.4) is 0 Å². The lowest BCUT2D eigenvalue weighted by molar-refractivity contribution is 0.231. The van der Waals surface area contributed by atoms with Gasteiger partial charge in [0.2, 0.25) is 0 Å². The van der Waals surface area contributed by atoms with Crippen molar-refractivity contribution >= 4 is 0 Å². The number of aromatic hydroxyl groups is 2. The Morgan fingerprint density at radius 1 is 0.741 bits per heavy atom. The Morgan fingerprint density at radius 2 is 1.37 bits per heavy atom. The van der Waals surface area contributed by atoms with Crippen molar-refractivity contribution in [1.82, 2.24) is 20.0 Å². The Balaban J connectivity index is 1.36. The van der Waals surface area contributed by atoms with Gasteiger partial charge in [0.05, 0.1) is 6.67 Å². The van der Waals surface area contributed by atoms with Gasteiger partial charge in [0, 0.05) is 69.2 Å². The fourth-order valence-corrected chi connectivity index (χ4v) is 3.92. The molecule has 0 spiro atoms. The maximum atomic E-state index is 10.7. The van der Waals surface area contributed by atoms with Crippen LogP contribution in [0, 0.1) is 0 Å². The maximum Gasteiger partial charge on any atom is 0.124 e. The third-order valence-electron chi connectivity index (χ3n) is 5.45. The molecule has 0 amide bonds. The molecule has 3 N–H and O–H groups in total. The van der Waals surface area contributed by atoms with Crippen LogP contribution < -0.4 is 5.32 Å². The van der Waals surface area contributed by atoms with Gasteiger partial charge in [-0.1, -0.05) is 36.4 Å². The molecule has 0 aliphatic carbocycles. The minimum atomic E-state index is 0.359. The molecule has 0 aromatic heterocycles. The van der Waals surface area contributed by atoms with Crippen LogP contribution in [-0.4, -0.2) is 64.4 Å². The van der Waals surface area contributed by atoms with Gasteiger partial charge in [0.25, 0.3) is 0 Å². The van der Waals surface area contributed by atoms with Crippen LogP contribution in [-0.2, 0) is 19.6 Å². The summed E-state index contributed by atoms with van der Waals surface area (Å²) in [4.78, 5) is 6.98. The molecule has 6 nitrogen and oxygen atoms in total. The number of para-hydroxylation sites is 2. The van der Waals surface area contributed by atoms with E-state index in [-0.39, 0.29) is 0 Å². The van der Waals surface area contributed by atoms with Crippen LogP contribution in [0.1, 0.15) is 16.7 Å². The molecule has 2 aliphatic heterocycles. The van der Waals surface area contributed by atoms with Crippen molar-refractivity contribution in [3.8, 4) is 11.5 Å². The van der Waals surface area contributed by atoms with E-state index >= 15 is 0 Å². The molecule has 0 atom stereocenters. The second-order valence-electron chi connectivity index (χ2n) is 7.51. The van der Waals surface area contributed by atoms with E-state index in [1.165, 1.54) is 0 Å². The summed E-state index contributed by atoms with van der Waals surface area (Å²) in [6, 6.07) is 13.6. The van der Waals surface area contributed by atoms with E-state index in [1.807, 2.05) is 36.4 Å². The zero-order valence-electron chi connectivity index (χ0n) is 15.6. The number of hydrogen-bond donors (Lipinski definition) is 3. The average molecular weight is 368 g/mol. The molecule has 0 unspecified atom stereocenters. The molecule has 0 saturated carbocycles. The first-order valence-corrected chi connectivity index (χ1v) is 9.63. The lowest BCUT2D eigenvalue weighted by Gasteiger charge is -2.20. The van der Waals surface area contributed by atoms with Crippen molar-refractivity contribution in [2.24, 2.45) is 0 Å². The van der Waals surface area contributed by atoms with Gasteiger partial charge >= 0.3 is 0 Å². The molecular formula is C21H28N4O2. The van der Waals surface area contributed by atoms with Crippen molar-refractivity contribution < 1.29 is 10.2 Å². The van der Waals surface area contributed by atoms with E-state index in [4.69, 9.17) is 0 Å². The lowest BCUT2D eigenvalue weighted by Crippen LogP contribution is -2.25. The lowest BCUT2D eigenvalue weighted by atomic mass is 10.1. The van der Waals surface area contributed by atoms with Crippen molar-refractivity contribution in [1.29, 1.82) is 0 Å². The SMILES string of the molecule is Oc1ccccc1CN1CCN(Cc2cccc(CN3CCNC3)c2O)C1. The highest BCUT2D eigenvalue weighted by atomic mass is 16.3. The maximum absolute atomic E-state index is 10.7. The summed E-state index contributed by atoms with van der Waals surface area (Å²) in [5, 5.41) is 24.0. The second kappa shape index (κ2) is 8.27. The van der Waals surface area contributed by atoms with Crippen LogP contribution in [0.25, 0.3) is 0 Å². The molecule has 2 aromatic carbocycles. The van der Waals surface area contributed by atoms with E-state index in [0.29, 0.717) is 11.5 Å². The molecular weight excluding hydrogens is 340 g/mol. The third kappa shape index (κ3) is 4.42. The van der Waals surface area contributed by atoms with Gasteiger partial charge in [-0.3, -0.25) is 14.7 Å². The van der Waals surface area contributed by atoms with Crippen LogP contribution in [0.5, 0.6) is 11.5 Å². The van der Waals surface area contributed by atoms with Crippen LogP contribution in [0.4, 0.5) is 0 Å². The topological polar surface area (TPSA) is 62.2 Å². The van der Waals surface area contributed by atoms with Gasteiger partial charge in [-0.2, -0.15) is 0 Å². The Hall–Kier alpha value is -2.12. The minimum Gasteiger partial charge on any atom is -0.508 e. The van der Waals surface area contributed by atoms with E-state index in [2.05, 4.69) is 20.0 Å². The van der Waals surface area contributed by atoms with Crippen molar-refractivity contribution in [2.75, 3.05) is 39.5 Å². The van der Waals surface area contributed by atoms with Crippen molar-refractivity contribution in [3.63, 3.8) is 0 Å². The number of benzene rings is 2. The zero-order chi connectivity index (χ0) is 18.6. The number of phenolic OH excluding ortho intramolecular Hbond substituents is 2. The smallest absolute Gasteiger partial charge is 0.124 e. The Bertz CT molecular complexity index is 777. The third-order valence-corrected chi connectivity index (χ3v) is 5.45. The molecule has 0 bridgehead atoms. The molecule has 2 aromatic rings. The molecule has 2 fully saturated rings. The first kappa shape index (κ1) is 18.3. The summed E-state index contributed by atoms with van der Waals surface area (Å²) in [5.74, 6) is 0.793. The predicted octanol–water partition coefficient (Wildman–Crippen LogP) is 1.74. The van der Waals surface area contributed by atoms with Gasteiger partial charge in [-0.05, 0) is 6.07 Å². The molecule has 27 heavy (non-hydrogen) atoms. The fourth-order valence-electron chi connectivity index (χ4n) is 3.92. The van der Waals surface area contributed by atoms with E-state index < -0.39 is 0 Å². The van der Waals surface area contributed by atoms with Crippen LogP contribution in [0.15, 0.2) is 42.5 Å². The summed E-state index contributed by atoms with van der Waals surface area (Å²) < 4.78 is 0. The number of hydrogen-bond acceptors (Lipinski definition) is 6. The molecule has 4 rings (SSSR count). The van der Waals surface area contributed by atoms with Gasteiger partial charge in [0.1, 0.15) is 11.5 Å². The monoisotopic (exact) mass is 368 g/mol. The van der Waals surface area contributed by atoms with Crippen LogP contribution in [0.2, 0.25) is 0 Å². The van der Waals surface area contributed by atoms with Gasteiger partial charge in [0.15, 0.2) is 0 Å². The molecule has 2 aliphatic rings. The van der Waals surface area contributed by atoms with E-state index in [9.17, 15) is 10.2 Å². The number of nitrogens with zero attached hydrogens (tertiary/aromatic N) is 3. The first-order valence-electron chi connectivity index (χ1n) is 9.63. The summed E-state index contributed by atoms with van der Waals surface area (Å²) >= 11 is 0. The first-order chi connectivity index (χ1) is 13.2. The van der Waals surface area contributed by atoms with Crippen molar-refractivity contribution in [3.05, 3.63) is 59.2 Å². The van der Waals surface area contributed by atoms with E-state index in [0.717, 1.165) is 75.8 Å². The summed E-state index contributed by atoms with van der Waals surface area (Å²) in [6.07, 6.45) is 0. The van der Waals surface area contributed by atoms with Crippen molar-refractivity contribution in [2.45, 2.75) is 19.6 Å². The quantitative estimate of drug-likeness (QED) is 0.722. The highest BCUT2D eigenvalue weighted by Crippen LogP contribution is 2.27.